The Labute approximate surface area is 166 Å². The molecule has 1 aliphatic heterocycles. The molecule has 2 heterocycles. The van der Waals surface area contributed by atoms with Crippen LogP contribution in [0.1, 0.15) is 40.5 Å². The third kappa shape index (κ3) is 4.08. The first-order chi connectivity index (χ1) is 13.2. The molecule has 0 saturated carbocycles. The van der Waals surface area contributed by atoms with E-state index < -0.39 is 27.7 Å². The van der Waals surface area contributed by atoms with Gasteiger partial charge in [-0.1, -0.05) is 19.1 Å². The van der Waals surface area contributed by atoms with Gasteiger partial charge in [0, 0.05) is 13.1 Å². The van der Waals surface area contributed by atoms with Gasteiger partial charge in [0.25, 0.3) is 21.8 Å². The number of hydrogen-bond donors (Lipinski definition) is 2. The van der Waals surface area contributed by atoms with Crippen LogP contribution in [0.5, 0.6) is 0 Å². The Balaban J connectivity index is 1.91. The zero-order valence-electron chi connectivity index (χ0n) is 15.1. The van der Waals surface area contributed by atoms with Crippen LogP contribution < -0.4 is 11.1 Å². The second-order valence-electron chi connectivity index (χ2n) is 6.69. The third-order valence-electron chi connectivity index (χ3n) is 4.66. The fourth-order valence-electron chi connectivity index (χ4n) is 2.94. The molecule has 150 valence electrons. The van der Waals surface area contributed by atoms with Crippen molar-refractivity contribution in [1.29, 1.82) is 0 Å². The number of amides is 2. The molecule has 28 heavy (non-hydrogen) atoms. The Kier molecular flexibility index (Phi) is 5.82. The number of benzene rings is 1. The minimum absolute atomic E-state index is 0.0234. The molecule has 1 saturated heterocycles. The molecule has 0 bridgehead atoms. The molecule has 3 rings (SSSR count). The maximum absolute atomic E-state index is 13.8. The van der Waals surface area contributed by atoms with Crippen LogP contribution in [0.4, 0.5) is 9.39 Å². The van der Waals surface area contributed by atoms with Crippen molar-refractivity contribution in [3.05, 3.63) is 47.3 Å². The van der Waals surface area contributed by atoms with Gasteiger partial charge in [-0.25, -0.2) is 12.8 Å². The predicted molar refractivity (Wildman–Crippen MR) is 104 cm³/mol. The molecular formula is C18H20FN3O4S2. The molecule has 2 aromatic rings. The highest BCUT2D eigenvalue weighted by atomic mass is 32.2. The number of carbonyl (C=O) groups is 2. The molecule has 0 radical (unpaired) electrons. The molecular weight excluding hydrogens is 405 g/mol. The number of nitrogens with zero attached hydrogens (tertiary/aromatic N) is 1. The van der Waals surface area contributed by atoms with Crippen LogP contribution in [0.15, 0.2) is 34.5 Å². The summed E-state index contributed by atoms with van der Waals surface area (Å²) in [6.07, 6.45) is 1.51. The normalized spacial score (nSPS) is 16.1. The Morgan fingerprint density at radius 2 is 1.86 bits per heavy atom. The molecule has 7 nitrogen and oxygen atoms in total. The van der Waals surface area contributed by atoms with E-state index >= 15 is 0 Å². The Hall–Kier alpha value is -2.30. The van der Waals surface area contributed by atoms with E-state index in [9.17, 15) is 22.4 Å². The van der Waals surface area contributed by atoms with Gasteiger partial charge in [-0.05, 0) is 37.0 Å². The Morgan fingerprint density at radius 3 is 2.46 bits per heavy atom. The van der Waals surface area contributed by atoms with Gasteiger partial charge >= 0.3 is 0 Å². The lowest BCUT2D eigenvalue weighted by molar-refractivity contribution is 0.100. The number of hydrogen-bond acceptors (Lipinski definition) is 5. The standard InChI is InChI=1S/C18H20FN3O4S2/c1-11-6-8-22(9-7-11)28(25,26)15-10-13(16(20)23)18(27-15)21-17(24)12-4-2-3-5-14(12)19/h2-5,10-11H,6-9H2,1H3,(H2,20,23)(H,21,24). The number of nitrogens with two attached hydrogens (primary N) is 1. The van der Waals surface area contributed by atoms with E-state index in [0.717, 1.165) is 36.3 Å². The molecule has 1 fully saturated rings. The van der Waals surface area contributed by atoms with Crippen molar-refractivity contribution in [3.63, 3.8) is 0 Å². The maximum atomic E-state index is 13.8. The molecule has 2 amide bonds. The van der Waals surface area contributed by atoms with Crippen molar-refractivity contribution in [2.75, 3.05) is 18.4 Å². The van der Waals surface area contributed by atoms with Crippen LogP contribution in [0.3, 0.4) is 0 Å². The minimum atomic E-state index is -3.81. The zero-order chi connectivity index (χ0) is 20.5. The average Bonchev–Trinajstić information content (AvgIpc) is 3.07. The highest BCUT2D eigenvalue weighted by Crippen LogP contribution is 2.34. The molecule has 0 unspecified atom stereocenters. The lowest BCUT2D eigenvalue weighted by Crippen LogP contribution is -2.37. The molecule has 1 aliphatic rings. The van der Waals surface area contributed by atoms with Crippen molar-refractivity contribution in [2.24, 2.45) is 11.7 Å². The van der Waals surface area contributed by atoms with Crippen molar-refractivity contribution in [2.45, 2.75) is 24.0 Å². The molecule has 0 atom stereocenters. The van der Waals surface area contributed by atoms with Gasteiger partial charge in [0.2, 0.25) is 0 Å². The van der Waals surface area contributed by atoms with Crippen molar-refractivity contribution < 1.29 is 22.4 Å². The highest BCUT2D eigenvalue weighted by Gasteiger charge is 2.31. The van der Waals surface area contributed by atoms with E-state index in [-0.39, 0.29) is 20.3 Å². The monoisotopic (exact) mass is 425 g/mol. The number of halogens is 1. The van der Waals surface area contributed by atoms with Crippen LogP contribution in [-0.4, -0.2) is 37.6 Å². The lowest BCUT2D eigenvalue weighted by atomic mass is 10.0. The number of primary amides is 1. The molecule has 1 aromatic heterocycles. The number of thiophene rings is 1. The number of sulfonamides is 1. The summed E-state index contributed by atoms with van der Waals surface area (Å²) >= 11 is 0.733. The fourth-order valence-corrected chi connectivity index (χ4v) is 5.93. The van der Waals surface area contributed by atoms with E-state index in [4.69, 9.17) is 5.73 Å². The second-order valence-corrected chi connectivity index (χ2v) is 9.91. The molecule has 3 N–H and O–H groups in total. The van der Waals surface area contributed by atoms with Gasteiger partial charge in [0.1, 0.15) is 15.0 Å². The van der Waals surface area contributed by atoms with Crippen LogP contribution in [-0.2, 0) is 10.0 Å². The summed E-state index contributed by atoms with van der Waals surface area (Å²) in [7, 11) is -3.81. The summed E-state index contributed by atoms with van der Waals surface area (Å²) < 4.78 is 40.9. The molecule has 1 aromatic carbocycles. The summed E-state index contributed by atoms with van der Waals surface area (Å²) in [4.78, 5) is 24.1. The average molecular weight is 426 g/mol. The van der Waals surface area contributed by atoms with Crippen LogP contribution >= 0.6 is 11.3 Å². The summed E-state index contributed by atoms with van der Waals surface area (Å²) in [5.74, 6) is -1.95. The summed E-state index contributed by atoms with van der Waals surface area (Å²) in [6.45, 7) is 2.85. The van der Waals surface area contributed by atoms with Crippen LogP contribution in [0, 0.1) is 11.7 Å². The summed E-state index contributed by atoms with van der Waals surface area (Å²) in [5, 5.41) is 2.38. The van der Waals surface area contributed by atoms with Crippen LogP contribution in [0.25, 0.3) is 0 Å². The lowest BCUT2D eigenvalue weighted by Gasteiger charge is -2.28. The Morgan fingerprint density at radius 1 is 1.21 bits per heavy atom. The first kappa shape index (κ1) is 20.4. The van der Waals surface area contributed by atoms with E-state index in [1.165, 1.54) is 22.5 Å². The van der Waals surface area contributed by atoms with Gasteiger partial charge in [-0.15, -0.1) is 11.3 Å². The minimum Gasteiger partial charge on any atom is -0.366 e. The van der Waals surface area contributed by atoms with Crippen LogP contribution in [0.2, 0.25) is 0 Å². The summed E-state index contributed by atoms with van der Waals surface area (Å²) in [5.41, 5.74) is 5.00. The number of rotatable bonds is 5. The van der Waals surface area contributed by atoms with E-state index in [1.54, 1.807) is 0 Å². The van der Waals surface area contributed by atoms with Gasteiger partial charge in [0.15, 0.2) is 0 Å². The predicted octanol–water partition coefficient (Wildman–Crippen LogP) is 2.66. The largest absolute Gasteiger partial charge is 0.366 e. The second kappa shape index (κ2) is 7.98. The first-order valence-corrected chi connectivity index (χ1v) is 11.0. The van der Waals surface area contributed by atoms with E-state index in [1.807, 2.05) is 0 Å². The van der Waals surface area contributed by atoms with Crippen molar-refractivity contribution >= 4 is 38.2 Å². The first-order valence-electron chi connectivity index (χ1n) is 8.70. The number of carbonyl (C=O) groups excluding carboxylic acids is 2. The highest BCUT2D eigenvalue weighted by molar-refractivity contribution is 7.91. The summed E-state index contributed by atoms with van der Waals surface area (Å²) in [6, 6.07) is 6.52. The smallest absolute Gasteiger partial charge is 0.259 e. The van der Waals surface area contributed by atoms with Crippen molar-refractivity contribution in [1.82, 2.24) is 4.31 Å². The van der Waals surface area contributed by atoms with Gasteiger partial charge in [-0.3, -0.25) is 9.59 Å². The number of piperidine rings is 1. The molecule has 0 spiro atoms. The fraction of sp³-hybridized carbons (Fsp3) is 0.333. The molecule has 10 heteroatoms. The topological polar surface area (TPSA) is 110 Å². The van der Waals surface area contributed by atoms with Gasteiger partial charge < -0.3 is 11.1 Å². The molecule has 0 aliphatic carbocycles. The van der Waals surface area contributed by atoms with Gasteiger partial charge in [-0.2, -0.15) is 4.31 Å². The SMILES string of the molecule is CC1CCN(S(=O)(=O)c2cc(C(N)=O)c(NC(=O)c3ccccc3F)s2)CC1. The van der Waals surface area contributed by atoms with E-state index in [0.29, 0.717) is 19.0 Å². The third-order valence-corrected chi connectivity index (χ3v) is 8.06. The van der Waals surface area contributed by atoms with E-state index in [2.05, 4.69) is 12.2 Å². The number of nitrogens with one attached hydrogen (secondary N) is 1. The Bertz CT molecular complexity index is 1010. The quantitative estimate of drug-likeness (QED) is 0.767. The maximum Gasteiger partial charge on any atom is 0.259 e. The number of anilines is 1. The van der Waals surface area contributed by atoms with Gasteiger partial charge in [0.05, 0.1) is 11.1 Å². The zero-order valence-corrected chi connectivity index (χ0v) is 16.8. The van der Waals surface area contributed by atoms with Crippen molar-refractivity contribution in [3.8, 4) is 0 Å².